The number of alkyl halides is 1. The monoisotopic (exact) mass is 533 g/mol. The number of sulfonamides is 1. The molecular weight excluding hydrogens is 512 g/mol. The normalized spacial score (nSPS) is 14.2. The summed E-state index contributed by atoms with van der Waals surface area (Å²) in [6, 6.07) is 6.91. The molecule has 0 heterocycles. The first-order valence-corrected chi connectivity index (χ1v) is 10.7. The number of halogens is 2. The van der Waals surface area contributed by atoms with Gasteiger partial charge in [0.2, 0.25) is 10.0 Å². The molecule has 0 radical (unpaired) electrons. The fourth-order valence-corrected chi connectivity index (χ4v) is 3.32. The van der Waals surface area contributed by atoms with E-state index in [1.165, 1.54) is 3.58 Å². The lowest BCUT2D eigenvalue weighted by Gasteiger charge is -2.07. The lowest BCUT2D eigenvalue weighted by Crippen LogP contribution is -2.24. The molecule has 118 valence electrons. The molecule has 0 aromatic heterocycles. The fourth-order valence-electron chi connectivity index (χ4n) is 1.68. The van der Waals surface area contributed by atoms with E-state index in [0.717, 1.165) is 24.8 Å². The van der Waals surface area contributed by atoms with Gasteiger partial charge in [0.25, 0.3) is 0 Å². The molecule has 1 aromatic carbocycles. The average Bonchev–Trinajstić information content (AvgIpc) is 2.42. The molecule has 0 saturated heterocycles. The van der Waals surface area contributed by atoms with Gasteiger partial charge in [0.05, 0.1) is 4.90 Å². The molecule has 1 N–H and O–H groups in total. The van der Waals surface area contributed by atoms with Crippen LogP contribution >= 0.6 is 45.2 Å². The van der Waals surface area contributed by atoms with Crippen LogP contribution in [0.3, 0.4) is 0 Å². The van der Waals surface area contributed by atoms with E-state index in [0.29, 0.717) is 15.4 Å². The number of allylic oxidation sites excluding steroid dienone is 2. The Morgan fingerprint density at radius 1 is 1.29 bits per heavy atom. The summed E-state index contributed by atoms with van der Waals surface area (Å²) in [7, 11) is -3.36. The minimum atomic E-state index is -3.36. The van der Waals surface area contributed by atoms with E-state index in [1.807, 2.05) is 19.1 Å². The summed E-state index contributed by atoms with van der Waals surface area (Å²) in [6.07, 6.45) is 5.07. The SMILES string of the molecule is Cc1ccc(S(=O)(=O)NCCCC/C=C(/I)C(C)I)cc1. The predicted octanol–water partition coefficient (Wildman–Crippen LogP) is 4.59. The molecule has 0 aliphatic rings. The van der Waals surface area contributed by atoms with Gasteiger partial charge in [-0.2, -0.15) is 0 Å². The number of rotatable bonds is 8. The number of unbranched alkanes of at least 4 members (excludes halogenated alkanes) is 2. The maximum absolute atomic E-state index is 12.0. The van der Waals surface area contributed by atoms with E-state index < -0.39 is 10.0 Å². The molecule has 0 amide bonds. The summed E-state index contributed by atoms with van der Waals surface area (Å²) < 4.78 is 28.7. The lowest BCUT2D eigenvalue weighted by molar-refractivity contribution is 0.577. The van der Waals surface area contributed by atoms with Crippen molar-refractivity contribution in [2.45, 2.75) is 41.9 Å². The van der Waals surface area contributed by atoms with E-state index in [4.69, 9.17) is 0 Å². The molecule has 1 unspecified atom stereocenters. The summed E-state index contributed by atoms with van der Waals surface area (Å²) in [5.41, 5.74) is 1.06. The molecule has 0 fully saturated rings. The predicted molar refractivity (Wildman–Crippen MR) is 106 cm³/mol. The number of nitrogens with one attached hydrogen (secondary N) is 1. The van der Waals surface area contributed by atoms with Crippen LogP contribution in [-0.4, -0.2) is 18.9 Å². The van der Waals surface area contributed by atoms with Crippen molar-refractivity contribution in [2.24, 2.45) is 0 Å². The zero-order chi connectivity index (χ0) is 15.9. The van der Waals surface area contributed by atoms with E-state index >= 15 is 0 Å². The highest BCUT2D eigenvalue weighted by atomic mass is 127. The maximum Gasteiger partial charge on any atom is 0.240 e. The zero-order valence-electron chi connectivity index (χ0n) is 12.3. The van der Waals surface area contributed by atoms with Crippen molar-refractivity contribution in [3.8, 4) is 0 Å². The molecule has 0 bridgehead atoms. The highest BCUT2D eigenvalue weighted by Gasteiger charge is 2.12. The number of hydrogen-bond donors (Lipinski definition) is 1. The van der Waals surface area contributed by atoms with Gasteiger partial charge in [0, 0.05) is 10.5 Å². The maximum atomic E-state index is 12.0. The molecule has 1 aromatic rings. The van der Waals surface area contributed by atoms with Gasteiger partial charge in [0.1, 0.15) is 0 Å². The Morgan fingerprint density at radius 3 is 2.48 bits per heavy atom. The Morgan fingerprint density at radius 2 is 1.90 bits per heavy atom. The third kappa shape index (κ3) is 7.43. The third-order valence-electron chi connectivity index (χ3n) is 2.97. The van der Waals surface area contributed by atoms with Gasteiger partial charge >= 0.3 is 0 Å². The molecular formula is C15H21I2NO2S. The highest BCUT2D eigenvalue weighted by Crippen LogP contribution is 2.20. The Bertz CT molecular complexity index is 566. The van der Waals surface area contributed by atoms with Crippen LogP contribution in [0.25, 0.3) is 0 Å². The second-order valence-electron chi connectivity index (χ2n) is 4.91. The minimum Gasteiger partial charge on any atom is -0.211 e. The molecule has 1 atom stereocenters. The van der Waals surface area contributed by atoms with Crippen molar-refractivity contribution in [1.29, 1.82) is 0 Å². The third-order valence-corrected chi connectivity index (χ3v) is 7.69. The highest BCUT2D eigenvalue weighted by molar-refractivity contribution is 14.1. The number of hydrogen-bond acceptors (Lipinski definition) is 2. The van der Waals surface area contributed by atoms with Crippen LogP contribution < -0.4 is 4.72 Å². The van der Waals surface area contributed by atoms with Crippen molar-refractivity contribution in [3.63, 3.8) is 0 Å². The quantitative estimate of drug-likeness (QED) is 0.302. The molecule has 6 heteroatoms. The Kier molecular flexibility index (Phi) is 8.73. The van der Waals surface area contributed by atoms with Crippen molar-refractivity contribution >= 4 is 55.2 Å². The Labute approximate surface area is 155 Å². The largest absolute Gasteiger partial charge is 0.240 e. The van der Waals surface area contributed by atoms with E-state index in [1.54, 1.807) is 12.1 Å². The second kappa shape index (κ2) is 9.46. The van der Waals surface area contributed by atoms with Gasteiger partial charge < -0.3 is 0 Å². The number of aryl methyl sites for hydroxylation is 1. The Hall–Kier alpha value is 0.330. The summed E-state index contributed by atoms with van der Waals surface area (Å²) >= 11 is 4.75. The van der Waals surface area contributed by atoms with Crippen LogP contribution in [0.15, 0.2) is 38.8 Å². The molecule has 0 aliphatic heterocycles. The summed E-state index contributed by atoms with van der Waals surface area (Å²) in [5.74, 6) is 0. The zero-order valence-corrected chi connectivity index (χ0v) is 17.4. The van der Waals surface area contributed by atoms with Crippen LogP contribution in [0.1, 0.15) is 31.7 Å². The first-order valence-electron chi connectivity index (χ1n) is 6.89. The molecule has 0 aliphatic carbocycles. The van der Waals surface area contributed by atoms with Gasteiger partial charge in [-0.1, -0.05) is 46.4 Å². The van der Waals surface area contributed by atoms with Crippen LogP contribution in [0, 0.1) is 6.92 Å². The van der Waals surface area contributed by atoms with Crippen LogP contribution in [0.2, 0.25) is 0 Å². The lowest BCUT2D eigenvalue weighted by atomic mass is 10.2. The van der Waals surface area contributed by atoms with Gasteiger partial charge in [-0.15, -0.1) is 0 Å². The van der Waals surface area contributed by atoms with Crippen molar-refractivity contribution in [3.05, 3.63) is 39.5 Å². The summed E-state index contributed by atoms with van der Waals surface area (Å²) in [4.78, 5) is 0.335. The molecule has 0 saturated carbocycles. The molecule has 3 nitrogen and oxygen atoms in total. The van der Waals surface area contributed by atoms with Gasteiger partial charge in [-0.25, -0.2) is 13.1 Å². The molecule has 1 rings (SSSR count). The van der Waals surface area contributed by atoms with Crippen LogP contribution in [-0.2, 0) is 10.0 Å². The van der Waals surface area contributed by atoms with Gasteiger partial charge in [-0.3, -0.25) is 0 Å². The fraction of sp³-hybridized carbons (Fsp3) is 0.467. The van der Waals surface area contributed by atoms with Gasteiger partial charge in [0.15, 0.2) is 0 Å². The first-order chi connectivity index (χ1) is 9.83. The second-order valence-corrected chi connectivity index (χ2v) is 9.79. The average molecular weight is 533 g/mol. The standard InChI is InChI=1S/C15H21I2NO2S/c1-12-7-9-14(10-8-12)21(19,20)18-11-5-3-4-6-15(17)13(2)16/h6-10,13,18H,3-5,11H2,1-2H3/b15-6+. The Balaban J connectivity index is 2.35. The van der Waals surface area contributed by atoms with E-state index in [2.05, 4.69) is 62.9 Å². The van der Waals surface area contributed by atoms with Crippen LogP contribution in [0.4, 0.5) is 0 Å². The van der Waals surface area contributed by atoms with Crippen molar-refractivity contribution in [1.82, 2.24) is 4.72 Å². The van der Waals surface area contributed by atoms with Crippen molar-refractivity contribution < 1.29 is 8.42 Å². The van der Waals surface area contributed by atoms with E-state index in [-0.39, 0.29) is 0 Å². The summed E-state index contributed by atoms with van der Waals surface area (Å²) in [5, 5.41) is 0. The van der Waals surface area contributed by atoms with Gasteiger partial charge in [-0.05, 0) is 71.4 Å². The number of benzene rings is 1. The van der Waals surface area contributed by atoms with Crippen molar-refractivity contribution in [2.75, 3.05) is 6.54 Å². The smallest absolute Gasteiger partial charge is 0.211 e. The molecule has 21 heavy (non-hydrogen) atoms. The topological polar surface area (TPSA) is 46.2 Å². The summed E-state index contributed by atoms with van der Waals surface area (Å²) in [6.45, 7) is 4.59. The minimum absolute atomic E-state index is 0.335. The van der Waals surface area contributed by atoms with Crippen LogP contribution in [0.5, 0.6) is 0 Å². The molecule has 0 spiro atoms. The van der Waals surface area contributed by atoms with E-state index in [9.17, 15) is 8.42 Å². The first kappa shape index (κ1) is 19.4.